The third-order valence-electron chi connectivity index (χ3n) is 4.41. The van der Waals surface area contributed by atoms with Gasteiger partial charge in [0.05, 0.1) is 0 Å². The molecule has 132 valence electrons. The second-order valence-electron chi connectivity index (χ2n) is 6.55. The molecule has 0 aliphatic heterocycles. The first-order chi connectivity index (χ1) is 12.5. The number of hydrogen-bond acceptors (Lipinski definition) is 2. The van der Waals surface area contributed by atoms with Crippen molar-refractivity contribution in [2.45, 2.75) is 27.4 Å². The van der Waals surface area contributed by atoms with E-state index in [0.29, 0.717) is 12.2 Å². The molecule has 3 aromatic rings. The topological polar surface area (TPSA) is 38.3 Å². The first-order valence-electron chi connectivity index (χ1n) is 8.68. The molecule has 0 fully saturated rings. The summed E-state index contributed by atoms with van der Waals surface area (Å²) in [7, 11) is 0. The largest absolute Gasteiger partial charge is 0.489 e. The Morgan fingerprint density at radius 1 is 0.846 bits per heavy atom. The van der Waals surface area contributed by atoms with Crippen molar-refractivity contribution < 1.29 is 9.53 Å². The number of aryl methyl sites for hydroxylation is 3. The molecule has 0 aromatic heterocycles. The smallest absolute Gasteiger partial charge is 0.255 e. The first kappa shape index (κ1) is 17.7. The second-order valence-corrected chi connectivity index (χ2v) is 6.55. The van der Waals surface area contributed by atoms with Gasteiger partial charge >= 0.3 is 0 Å². The van der Waals surface area contributed by atoms with E-state index < -0.39 is 0 Å². The fraction of sp³-hybridized carbons (Fsp3) is 0.174. The van der Waals surface area contributed by atoms with Crippen LogP contribution in [0.25, 0.3) is 0 Å². The van der Waals surface area contributed by atoms with Gasteiger partial charge in [0.2, 0.25) is 0 Å². The summed E-state index contributed by atoms with van der Waals surface area (Å²) in [6, 6.07) is 21.4. The van der Waals surface area contributed by atoms with E-state index in [-0.39, 0.29) is 5.91 Å². The minimum Gasteiger partial charge on any atom is -0.489 e. The molecule has 3 nitrogen and oxygen atoms in total. The Morgan fingerprint density at radius 2 is 1.54 bits per heavy atom. The molecule has 0 aliphatic carbocycles. The zero-order valence-electron chi connectivity index (χ0n) is 15.4. The van der Waals surface area contributed by atoms with Crippen LogP contribution in [0.2, 0.25) is 0 Å². The van der Waals surface area contributed by atoms with Crippen molar-refractivity contribution in [1.29, 1.82) is 0 Å². The van der Waals surface area contributed by atoms with E-state index in [2.05, 4.69) is 12.2 Å². The summed E-state index contributed by atoms with van der Waals surface area (Å²) in [4.78, 5) is 12.4. The predicted molar refractivity (Wildman–Crippen MR) is 106 cm³/mol. The quantitative estimate of drug-likeness (QED) is 0.668. The monoisotopic (exact) mass is 345 g/mol. The number of anilines is 1. The minimum absolute atomic E-state index is 0.112. The Balaban J connectivity index is 1.60. The van der Waals surface area contributed by atoms with Crippen LogP contribution in [-0.4, -0.2) is 5.91 Å². The Morgan fingerprint density at radius 3 is 2.19 bits per heavy atom. The van der Waals surface area contributed by atoms with Crippen molar-refractivity contribution in [2.75, 3.05) is 5.32 Å². The van der Waals surface area contributed by atoms with Crippen molar-refractivity contribution in [3.8, 4) is 5.75 Å². The fourth-order valence-electron chi connectivity index (χ4n) is 2.58. The maximum atomic E-state index is 12.4. The van der Waals surface area contributed by atoms with Crippen molar-refractivity contribution in [2.24, 2.45) is 0 Å². The van der Waals surface area contributed by atoms with Crippen LogP contribution in [0.3, 0.4) is 0 Å². The maximum absolute atomic E-state index is 12.4. The van der Waals surface area contributed by atoms with E-state index in [0.717, 1.165) is 22.6 Å². The van der Waals surface area contributed by atoms with Gasteiger partial charge in [0.25, 0.3) is 5.91 Å². The molecule has 0 saturated carbocycles. The lowest BCUT2D eigenvalue weighted by atomic mass is 10.1. The summed E-state index contributed by atoms with van der Waals surface area (Å²) in [5, 5.41) is 2.94. The van der Waals surface area contributed by atoms with Crippen molar-refractivity contribution in [3.63, 3.8) is 0 Å². The summed E-state index contributed by atoms with van der Waals surface area (Å²) >= 11 is 0. The van der Waals surface area contributed by atoms with Gasteiger partial charge in [-0.3, -0.25) is 4.79 Å². The molecular formula is C23H23NO2. The summed E-state index contributed by atoms with van der Waals surface area (Å²) in [5.41, 5.74) is 6.03. The lowest BCUT2D eigenvalue weighted by Gasteiger charge is -2.09. The number of carbonyl (C=O) groups is 1. The molecule has 0 unspecified atom stereocenters. The standard InChI is InChI=1S/C23H23NO2/c1-16-4-12-22(13-5-16)26-15-19-7-9-20(10-8-19)23(25)24-21-11-6-17(2)18(3)14-21/h4-14H,15H2,1-3H3,(H,24,25). The first-order valence-corrected chi connectivity index (χ1v) is 8.68. The van der Waals surface area contributed by atoms with Gasteiger partial charge in [0.15, 0.2) is 0 Å². The molecule has 0 bridgehead atoms. The molecular weight excluding hydrogens is 322 g/mol. The van der Waals surface area contributed by atoms with Gasteiger partial charge in [-0.15, -0.1) is 0 Å². The number of carbonyl (C=O) groups excluding carboxylic acids is 1. The van der Waals surface area contributed by atoms with Crippen LogP contribution in [0.4, 0.5) is 5.69 Å². The highest BCUT2D eigenvalue weighted by molar-refractivity contribution is 6.04. The van der Waals surface area contributed by atoms with Crippen LogP contribution in [0.5, 0.6) is 5.75 Å². The van der Waals surface area contributed by atoms with Crippen LogP contribution >= 0.6 is 0 Å². The zero-order valence-corrected chi connectivity index (χ0v) is 15.4. The average Bonchev–Trinajstić information content (AvgIpc) is 2.65. The molecule has 1 amide bonds. The molecule has 3 heteroatoms. The SMILES string of the molecule is Cc1ccc(OCc2ccc(C(=O)Nc3ccc(C)c(C)c3)cc2)cc1. The molecule has 0 atom stereocenters. The molecule has 3 rings (SSSR count). The third kappa shape index (κ3) is 4.51. The summed E-state index contributed by atoms with van der Waals surface area (Å²) in [6.07, 6.45) is 0. The average molecular weight is 345 g/mol. The fourth-order valence-corrected chi connectivity index (χ4v) is 2.58. The molecule has 0 heterocycles. The summed E-state index contributed by atoms with van der Waals surface area (Å²) in [6.45, 7) is 6.61. The maximum Gasteiger partial charge on any atom is 0.255 e. The molecule has 0 radical (unpaired) electrons. The number of amides is 1. The zero-order chi connectivity index (χ0) is 18.5. The Bertz CT molecular complexity index is 896. The van der Waals surface area contributed by atoms with Crippen molar-refractivity contribution in [1.82, 2.24) is 0 Å². The molecule has 0 spiro atoms. The van der Waals surface area contributed by atoms with Crippen LogP contribution in [0.15, 0.2) is 66.7 Å². The lowest BCUT2D eigenvalue weighted by Crippen LogP contribution is -2.12. The highest BCUT2D eigenvalue weighted by atomic mass is 16.5. The highest BCUT2D eigenvalue weighted by Gasteiger charge is 2.07. The molecule has 26 heavy (non-hydrogen) atoms. The van der Waals surface area contributed by atoms with E-state index in [4.69, 9.17) is 4.74 Å². The second kappa shape index (κ2) is 7.87. The Kier molecular flexibility index (Phi) is 5.37. The van der Waals surface area contributed by atoms with Gasteiger partial charge in [-0.05, 0) is 73.9 Å². The van der Waals surface area contributed by atoms with E-state index in [1.165, 1.54) is 11.1 Å². The lowest BCUT2D eigenvalue weighted by molar-refractivity contribution is 0.102. The van der Waals surface area contributed by atoms with Gasteiger partial charge in [-0.1, -0.05) is 35.9 Å². The van der Waals surface area contributed by atoms with Crippen LogP contribution in [0.1, 0.15) is 32.6 Å². The van der Waals surface area contributed by atoms with E-state index in [9.17, 15) is 4.79 Å². The number of nitrogens with one attached hydrogen (secondary N) is 1. The predicted octanol–water partition coefficient (Wildman–Crippen LogP) is 5.44. The Hall–Kier alpha value is -3.07. The molecule has 1 N–H and O–H groups in total. The van der Waals surface area contributed by atoms with E-state index >= 15 is 0 Å². The van der Waals surface area contributed by atoms with Crippen LogP contribution < -0.4 is 10.1 Å². The van der Waals surface area contributed by atoms with Gasteiger partial charge in [-0.2, -0.15) is 0 Å². The molecule has 0 saturated heterocycles. The van der Waals surface area contributed by atoms with Gasteiger partial charge in [-0.25, -0.2) is 0 Å². The number of ether oxygens (including phenoxy) is 1. The highest BCUT2D eigenvalue weighted by Crippen LogP contribution is 2.17. The van der Waals surface area contributed by atoms with Crippen LogP contribution in [0, 0.1) is 20.8 Å². The van der Waals surface area contributed by atoms with Crippen molar-refractivity contribution in [3.05, 3.63) is 94.5 Å². The summed E-state index contributed by atoms with van der Waals surface area (Å²) < 4.78 is 5.77. The third-order valence-corrected chi connectivity index (χ3v) is 4.41. The van der Waals surface area contributed by atoms with E-state index in [1.807, 2.05) is 80.6 Å². The van der Waals surface area contributed by atoms with E-state index in [1.54, 1.807) is 0 Å². The van der Waals surface area contributed by atoms with Gasteiger partial charge in [0.1, 0.15) is 12.4 Å². The normalized spacial score (nSPS) is 10.4. The molecule has 0 aliphatic rings. The molecule has 3 aromatic carbocycles. The minimum atomic E-state index is -0.112. The van der Waals surface area contributed by atoms with Gasteiger partial charge < -0.3 is 10.1 Å². The summed E-state index contributed by atoms with van der Waals surface area (Å²) in [5.74, 6) is 0.728. The number of benzene rings is 3. The van der Waals surface area contributed by atoms with Crippen LogP contribution in [-0.2, 0) is 6.61 Å². The number of rotatable bonds is 5. The van der Waals surface area contributed by atoms with Gasteiger partial charge in [0, 0.05) is 11.3 Å². The van der Waals surface area contributed by atoms with Crippen molar-refractivity contribution >= 4 is 11.6 Å². The number of hydrogen-bond donors (Lipinski definition) is 1. The Labute approximate surface area is 154 Å².